The van der Waals surface area contributed by atoms with Crippen LogP contribution in [0.1, 0.15) is 16.1 Å². The van der Waals surface area contributed by atoms with E-state index >= 15 is 0 Å². The molecule has 0 aliphatic carbocycles. The first-order valence-corrected chi connectivity index (χ1v) is 10.5. The van der Waals surface area contributed by atoms with Gasteiger partial charge in [0, 0.05) is 0 Å². The van der Waals surface area contributed by atoms with Crippen molar-refractivity contribution in [3.05, 3.63) is 57.7 Å². The van der Waals surface area contributed by atoms with E-state index in [2.05, 4.69) is 32.0 Å². The number of hydrogen-bond acceptors (Lipinski definition) is 3. The summed E-state index contributed by atoms with van der Waals surface area (Å²) in [5.41, 5.74) is 1.13. The van der Waals surface area contributed by atoms with E-state index in [1.54, 1.807) is 12.3 Å². The summed E-state index contributed by atoms with van der Waals surface area (Å²) in [7, 11) is 0. The average Bonchev–Trinajstić information content (AvgIpc) is 2.39. The molecule has 3 nitrogen and oxygen atoms in total. The van der Waals surface area contributed by atoms with Gasteiger partial charge in [0.15, 0.2) is 0 Å². The molecule has 2 aromatic rings. The number of aromatic nitrogens is 2. The van der Waals surface area contributed by atoms with Crippen molar-refractivity contribution < 1.29 is 4.79 Å². The Morgan fingerprint density at radius 3 is 2.35 bits per heavy atom. The molecule has 0 unspecified atom stereocenters. The number of nitrogens with zero attached hydrogens (tertiary/aromatic N) is 2. The van der Waals surface area contributed by atoms with Crippen LogP contribution in [-0.4, -0.2) is 25.6 Å². The fourth-order valence-electron chi connectivity index (χ4n) is 1.43. The van der Waals surface area contributed by atoms with E-state index in [1.165, 1.54) is 9.90 Å². The van der Waals surface area contributed by atoms with Crippen LogP contribution in [0.2, 0.25) is 0 Å². The predicted molar refractivity (Wildman–Crippen MR) is 76.5 cm³/mol. The number of rotatable bonds is 3. The molecule has 0 saturated carbocycles. The molecule has 1 aromatic carbocycles. The van der Waals surface area contributed by atoms with Gasteiger partial charge >= 0.3 is 108 Å². The van der Waals surface area contributed by atoms with Crippen molar-refractivity contribution in [1.82, 2.24) is 9.97 Å². The number of alkyl halides is 2. The molecule has 1 aromatic heterocycles. The Morgan fingerprint density at radius 2 is 1.82 bits per heavy atom. The Labute approximate surface area is 108 Å². The van der Waals surface area contributed by atoms with Gasteiger partial charge in [-0.05, 0) is 0 Å². The number of carbonyl (C=O) groups is 1. The summed E-state index contributed by atoms with van der Waals surface area (Å²) in [4.78, 5) is 24.4. The Kier molecular flexibility index (Phi) is 3.83. The first kappa shape index (κ1) is 12.2. The first-order chi connectivity index (χ1) is 8.18. The van der Waals surface area contributed by atoms with Crippen molar-refractivity contribution >= 4 is 25.6 Å². The van der Waals surface area contributed by atoms with Crippen molar-refractivity contribution in [2.45, 2.75) is 0 Å². The maximum absolute atomic E-state index is 12.0. The molecule has 0 bridgehead atoms. The molecule has 17 heavy (non-hydrogen) atoms. The Balaban J connectivity index is 2.27. The number of carbonyl (C=O) groups excluding carboxylic acids is 1. The molecule has 0 amide bonds. The molecule has 0 radical (unpaired) electrons. The third-order valence-electron chi connectivity index (χ3n) is 2.36. The molecule has 88 valence electrons. The quantitative estimate of drug-likeness (QED) is 0.490. The second kappa shape index (κ2) is 5.35. The fourth-order valence-corrected chi connectivity index (χ4v) is 3.22. The van der Waals surface area contributed by atoms with Crippen LogP contribution in [0.3, 0.4) is 0 Å². The first-order valence-electron chi connectivity index (χ1n) is 5.09. The maximum atomic E-state index is 12.0. The van der Waals surface area contributed by atoms with Crippen LogP contribution < -0.4 is 0 Å². The molecule has 2 rings (SSSR count). The average molecular weight is 340 g/mol. The zero-order valence-corrected chi connectivity index (χ0v) is 11.9. The summed E-state index contributed by atoms with van der Waals surface area (Å²) in [5.74, 6) is -0.0495. The van der Waals surface area contributed by atoms with Gasteiger partial charge in [0.05, 0.1) is 0 Å². The summed E-state index contributed by atoms with van der Waals surface area (Å²) in [6.45, 7) is 0. The Bertz CT molecular complexity index is 509. The van der Waals surface area contributed by atoms with Crippen molar-refractivity contribution in [1.29, 1.82) is 0 Å². The van der Waals surface area contributed by atoms with E-state index in [-0.39, 0.29) is 5.78 Å². The van der Waals surface area contributed by atoms with Gasteiger partial charge in [-0.25, -0.2) is 0 Å². The van der Waals surface area contributed by atoms with Crippen molar-refractivity contribution in [2.75, 3.05) is 9.86 Å². The topological polar surface area (TPSA) is 42.9 Å². The molecular weight excluding hydrogens is 327 g/mol. The van der Waals surface area contributed by atoms with Crippen molar-refractivity contribution in [3.63, 3.8) is 0 Å². The van der Waals surface area contributed by atoms with Crippen LogP contribution in [-0.2, 0) is 0 Å². The van der Waals surface area contributed by atoms with Gasteiger partial charge in [-0.2, -0.15) is 0 Å². The van der Waals surface area contributed by atoms with Gasteiger partial charge in [-0.3, -0.25) is 0 Å². The molecule has 0 atom stereocenters. The number of benzene rings is 1. The second-order valence-corrected chi connectivity index (χ2v) is 9.25. The standard InChI is InChI=1S/C13H13IN2O/c1-14(2)11-5-3-10(4-6-11)13(17)12-7-8-15-9-16-12/h3-9H,1-2H3. The van der Waals surface area contributed by atoms with Crippen LogP contribution in [0.5, 0.6) is 0 Å². The van der Waals surface area contributed by atoms with E-state index in [0.29, 0.717) is 11.3 Å². The molecule has 0 aliphatic rings. The Hall–Kier alpha value is -1.30. The summed E-state index contributed by atoms with van der Waals surface area (Å²) in [5, 5.41) is 0. The van der Waals surface area contributed by atoms with Gasteiger partial charge < -0.3 is 0 Å². The van der Waals surface area contributed by atoms with Crippen LogP contribution >= 0.6 is 19.8 Å². The molecule has 1 heterocycles. The zero-order chi connectivity index (χ0) is 12.3. The van der Waals surface area contributed by atoms with Gasteiger partial charge in [-0.15, -0.1) is 0 Å². The summed E-state index contributed by atoms with van der Waals surface area (Å²) >= 11 is -0.953. The molecule has 0 fully saturated rings. The van der Waals surface area contributed by atoms with E-state index in [0.717, 1.165) is 0 Å². The van der Waals surface area contributed by atoms with E-state index in [9.17, 15) is 4.79 Å². The number of hydrogen-bond donors (Lipinski definition) is 0. The van der Waals surface area contributed by atoms with Gasteiger partial charge in [0.25, 0.3) is 0 Å². The molecule has 4 heteroatoms. The van der Waals surface area contributed by atoms with Gasteiger partial charge in [0.1, 0.15) is 0 Å². The minimum absolute atomic E-state index is 0.0495. The monoisotopic (exact) mass is 340 g/mol. The normalized spacial score (nSPS) is 11.1. The summed E-state index contributed by atoms with van der Waals surface area (Å²) in [6, 6.07) is 9.52. The molecule has 0 N–H and O–H groups in total. The van der Waals surface area contributed by atoms with Crippen molar-refractivity contribution in [2.24, 2.45) is 0 Å². The van der Waals surface area contributed by atoms with Crippen molar-refractivity contribution in [3.8, 4) is 0 Å². The van der Waals surface area contributed by atoms with Crippen LogP contribution in [0.4, 0.5) is 0 Å². The van der Waals surface area contributed by atoms with E-state index < -0.39 is 19.8 Å². The minimum atomic E-state index is -0.953. The zero-order valence-electron chi connectivity index (χ0n) is 9.72. The second-order valence-electron chi connectivity index (χ2n) is 3.69. The van der Waals surface area contributed by atoms with E-state index in [1.807, 2.05) is 12.1 Å². The third-order valence-corrected chi connectivity index (χ3v) is 5.57. The van der Waals surface area contributed by atoms with Crippen LogP contribution in [0, 0.1) is 3.57 Å². The number of ketones is 1. The van der Waals surface area contributed by atoms with Gasteiger partial charge in [0.2, 0.25) is 0 Å². The fraction of sp³-hybridized carbons (Fsp3) is 0.154. The Morgan fingerprint density at radius 1 is 1.12 bits per heavy atom. The molecule has 0 aliphatic heterocycles. The van der Waals surface area contributed by atoms with Crippen LogP contribution in [0.25, 0.3) is 0 Å². The number of halogens is 1. The van der Waals surface area contributed by atoms with Crippen LogP contribution in [0.15, 0.2) is 42.9 Å². The van der Waals surface area contributed by atoms with E-state index in [4.69, 9.17) is 0 Å². The van der Waals surface area contributed by atoms with Gasteiger partial charge in [-0.1, -0.05) is 0 Å². The summed E-state index contributed by atoms with van der Waals surface area (Å²) in [6.07, 6.45) is 2.97. The summed E-state index contributed by atoms with van der Waals surface area (Å²) < 4.78 is 1.38. The predicted octanol–water partition coefficient (Wildman–Crippen LogP) is 2.64. The third kappa shape index (κ3) is 2.88. The molecule has 0 saturated heterocycles. The SMILES string of the molecule is CI(C)c1ccc(C(=O)c2ccncn2)cc1. The molecule has 0 spiro atoms. The molecular formula is C13H13IN2O.